The number of aromatic nitrogens is 1. The maximum absolute atomic E-state index is 13.2. The van der Waals surface area contributed by atoms with Crippen molar-refractivity contribution in [3.8, 4) is 5.75 Å². The van der Waals surface area contributed by atoms with E-state index in [9.17, 15) is 9.18 Å². The maximum Gasteiger partial charge on any atom is 0.230 e. The summed E-state index contributed by atoms with van der Waals surface area (Å²) in [5.41, 5.74) is 1.78. The molecule has 26 heavy (non-hydrogen) atoms. The molecule has 0 aliphatic rings. The van der Waals surface area contributed by atoms with Gasteiger partial charge >= 0.3 is 0 Å². The van der Waals surface area contributed by atoms with Gasteiger partial charge in [-0.25, -0.2) is 9.37 Å². The first-order valence-electron chi connectivity index (χ1n) is 8.33. The van der Waals surface area contributed by atoms with Crippen molar-refractivity contribution in [2.24, 2.45) is 0 Å². The lowest BCUT2D eigenvalue weighted by Gasteiger charge is -2.05. The topological polar surface area (TPSA) is 51.2 Å². The van der Waals surface area contributed by atoms with E-state index in [0.29, 0.717) is 18.2 Å². The molecule has 1 aromatic heterocycles. The van der Waals surface area contributed by atoms with Gasteiger partial charge in [-0.05, 0) is 42.3 Å². The Bertz CT molecular complexity index is 878. The molecule has 0 aliphatic carbocycles. The van der Waals surface area contributed by atoms with Crippen LogP contribution in [0.25, 0.3) is 0 Å². The first kappa shape index (κ1) is 18.1. The van der Waals surface area contributed by atoms with Crippen molar-refractivity contribution in [2.45, 2.75) is 19.8 Å². The second-order valence-corrected chi connectivity index (χ2v) is 6.86. The highest BCUT2D eigenvalue weighted by molar-refractivity contribution is 7.15. The molecule has 0 saturated heterocycles. The SMILES string of the molecule is CCOc1ccc(CC(=O)Nc2ncc(Cc3cccc(F)c3)s2)cc1. The van der Waals surface area contributed by atoms with Crippen molar-refractivity contribution in [2.75, 3.05) is 11.9 Å². The van der Waals surface area contributed by atoms with Crippen molar-refractivity contribution in [3.05, 3.63) is 76.5 Å². The van der Waals surface area contributed by atoms with Crippen molar-refractivity contribution >= 4 is 22.4 Å². The highest BCUT2D eigenvalue weighted by Crippen LogP contribution is 2.22. The molecule has 0 atom stereocenters. The lowest BCUT2D eigenvalue weighted by molar-refractivity contribution is -0.115. The Balaban J connectivity index is 1.55. The average Bonchev–Trinajstić information content (AvgIpc) is 3.03. The molecule has 0 unspecified atom stereocenters. The summed E-state index contributed by atoms with van der Waals surface area (Å²) in [5, 5.41) is 3.36. The molecule has 0 spiro atoms. The molecule has 1 N–H and O–H groups in total. The van der Waals surface area contributed by atoms with Gasteiger partial charge in [0.2, 0.25) is 5.91 Å². The van der Waals surface area contributed by atoms with Crippen LogP contribution < -0.4 is 10.1 Å². The number of carbonyl (C=O) groups is 1. The summed E-state index contributed by atoms with van der Waals surface area (Å²) < 4.78 is 18.6. The fourth-order valence-corrected chi connectivity index (χ4v) is 3.38. The van der Waals surface area contributed by atoms with Crippen LogP contribution >= 0.6 is 11.3 Å². The molecule has 4 nitrogen and oxygen atoms in total. The quantitative estimate of drug-likeness (QED) is 0.668. The summed E-state index contributed by atoms with van der Waals surface area (Å²) in [5.74, 6) is 0.412. The van der Waals surface area contributed by atoms with Gasteiger partial charge < -0.3 is 10.1 Å². The number of carbonyl (C=O) groups excluding carboxylic acids is 1. The Hall–Kier alpha value is -2.73. The number of ether oxygens (including phenoxy) is 1. The normalized spacial score (nSPS) is 10.5. The van der Waals surface area contributed by atoms with E-state index in [4.69, 9.17) is 4.74 Å². The Morgan fingerprint density at radius 1 is 1.19 bits per heavy atom. The number of benzene rings is 2. The zero-order chi connectivity index (χ0) is 18.4. The minimum atomic E-state index is -0.254. The predicted octanol–water partition coefficient (Wildman–Crippen LogP) is 4.45. The van der Waals surface area contributed by atoms with Crippen molar-refractivity contribution < 1.29 is 13.9 Å². The van der Waals surface area contributed by atoms with Crippen molar-refractivity contribution in [1.29, 1.82) is 0 Å². The van der Waals surface area contributed by atoms with Crippen molar-refractivity contribution in [3.63, 3.8) is 0 Å². The van der Waals surface area contributed by atoms with E-state index in [0.717, 1.165) is 21.8 Å². The van der Waals surface area contributed by atoms with Gasteiger partial charge in [-0.1, -0.05) is 24.3 Å². The van der Waals surface area contributed by atoms with Crippen LogP contribution in [0.3, 0.4) is 0 Å². The van der Waals surface area contributed by atoms with E-state index < -0.39 is 0 Å². The number of hydrogen-bond donors (Lipinski definition) is 1. The molecule has 1 heterocycles. The first-order chi connectivity index (χ1) is 12.6. The van der Waals surface area contributed by atoms with E-state index in [1.165, 1.54) is 23.5 Å². The summed E-state index contributed by atoms with van der Waals surface area (Å²) in [4.78, 5) is 17.4. The average molecular weight is 370 g/mol. The molecular formula is C20H19FN2O2S. The highest BCUT2D eigenvalue weighted by Gasteiger charge is 2.09. The molecular weight excluding hydrogens is 351 g/mol. The largest absolute Gasteiger partial charge is 0.494 e. The van der Waals surface area contributed by atoms with E-state index in [-0.39, 0.29) is 18.1 Å². The molecule has 0 aliphatic heterocycles. The Morgan fingerprint density at radius 3 is 2.73 bits per heavy atom. The van der Waals surface area contributed by atoms with E-state index in [1.54, 1.807) is 12.3 Å². The van der Waals surface area contributed by atoms with Gasteiger partial charge in [-0.2, -0.15) is 0 Å². The zero-order valence-electron chi connectivity index (χ0n) is 14.4. The number of rotatable bonds is 7. The van der Waals surface area contributed by atoms with E-state index in [2.05, 4.69) is 10.3 Å². The number of hydrogen-bond acceptors (Lipinski definition) is 4. The molecule has 0 fully saturated rings. The number of amides is 1. The summed E-state index contributed by atoms with van der Waals surface area (Å²) in [7, 11) is 0. The zero-order valence-corrected chi connectivity index (χ0v) is 15.2. The molecule has 2 aromatic carbocycles. The molecule has 0 bridgehead atoms. The molecule has 0 saturated carbocycles. The van der Waals surface area contributed by atoms with Crippen LogP contribution in [0, 0.1) is 5.82 Å². The summed E-state index contributed by atoms with van der Waals surface area (Å²) >= 11 is 1.40. The van der Waals surface area contributed by atoms with Crippen LogP contribution in [0.2, 0.25) is 0 Å². The second kappa shape index (κ2) is 8.58. The Kier molecular flexibility index (Phi) is 5.96. The lowest BCUT2D eigenvalue weighted by atomic mass is 10.1. The summed E-state index contributed by atoms with van der Waals surface area (Å²) in [6.45, 7) is 2.54. The molecule has 1 amide bonds. The third kappa shape index (κ3) is 5.13. The number of anilines is 1. The van der Waals surface area contributed by atoms with Gasteiger partial charge in [0.05, 0.1) is 13.0 Å². The highest BCUT2D eigenvalue weighted by atomic mass is 32.1. The van der Waals surface area contributed by atoms with Gasteiger partial charge in [0.25, 0.3) is 0 Å². The Labute approximate surface area is 155 Å². The molecule has 3 aromatic rings. The fourth-order valence-electron chi connectivity index (χ4n) is 2.51. The van der Waals surface area contributed by atoms with Gasteiger partial charge in [0.15, 0.2) is 5.13 Å². The van der Waals surface area contributed by atoms with E-state index in [1.807, 2.05) is 37.3 Å². The minimum Gasteiger partial charge on any atom is -0.494 e. The van der Waals surface area contributed by atoms with Gasteiger partial charge in [0.1, 0.15) is 11.6 Å². The van der Waals surface area contributed by atoms with Gasteiger partial charge in [0, 0.05) is 17.5 Å². The number of nitrogens with one attached hydrogen (secondary N) is 1. The molecule has 0 radical (unpaired) electrons. The third-order valence-electron chi connectivity index (χ3n) is 3.67. The number of nitrogens with zero attached hydrogens (tertiary/aromatic N) is 1. The number of thiazole rings is 1. The fraction of sp³-hybridized carbons (Fsp3) is 0.200. The first-order valence-corrected chi connectivity index (χ1v) is 9.15. The minimum absolute atomic E-state index is 0.124. The van der Waals surface area contributed by atoms with Crippen LogP contribution in [0.1, 0.15) is 22.9 Å². The molecule has 3 rings (SSSR count). The predicted molar refractivity (Wildman–Crippen MR) is 101 cm³/mol. The maximum atomic E-state index is 13.2. The smallest absolute Gasteiger partial charge is 0.230 e. The summed E-state index contributed by atoms with van der Waals surface area (Å²) in [6.07, 6.45) is 2.57. The standard InChI is InChI=1S/C20H19FN2O2S/c1-2-25-17-8-6-14(7-9-17)12-19(24)23-20-22-13-18(26-20)11-15-4-3-5-16(21)10-15/h3-10,13H,2,11-12H2,1H3,(H,22,23,24). The monoisotopic (exact) mass is 370 g/mol. The van der Waals surface area contributed by atoms with Crippen LogP contribution in [-0.2, 0) is 17.6 Å². The van der Waals surface area contributed by atoms with Crippen molar-refractivity contribution in [1.82, 2.24) is 4.98 Å². The second-order valence-electron chi connectivity index (χ2n) is 5.74. The van der Waals surface area contributed by atoms with Crippen LogP contribution in [-0.4, -0.2) is 17.5 Å². The Morgan fingerprint density at radius 2 is 2.00 bits per heavy atom. The van der Waals surface area contributed by atoms with Crippen LogP contribution in [0.5, 0.6) is 5.75 Å². The van der Waals surface area contributed by atoms with Crippen LogP contribution in [0.4, 0.5) is 9.52 Å². The number of halogens is 1. The summed E-state index contributed by atoms with van der Waals surface area (Å²) in [6, 6.07) is 13.9. The van der Waals surface area contributed by atoms with Crippen LogP contribution in [0.15, 0.2) is 54.7 Å². The third-order valence-corrected chi connectivity index (χ3v) is 4.58. The van der Waals surface area contributed by atoms with E-state index >= 15 is 0 Å². The lowest BCUT2D eigenvalue weighted by Crippen LogP contribution is -2.14. The van der Waals surface area contributed by atoms with Gasteiger partial charge in [-0.3, -0.25) is 4.79 Å². The van der Waals surface area contributed by atoms with Gasteiger partial charge in [-0.15, -0.1) is 11.3 Å². The molecule has 6 heteroatoms. The molecule has 134 valence electrons.